The molecule has 0 radical (unpaired) electrons. The minimum atomic E-state index is 0.518. The van der Waals surface area contributed by atoms with Gasteiger partial charge in [0.25, 0.3) is 0 Å². The van der Waals surface area contributed by atoms with Crippen molar-refractivity contribution in [3.8, 4) is 6.07 Å². The van der Waals surface area contributed by atoms with Crippen LogP contribution in [-0.4, -0.2) is 55.2 Å². The molecule has 7 heteroatoms. The van der Waals surface area contributed by atoms with E-state index >= 15 is 0 Å². The monoisotopic (exact) mass is 460 g/mol. The lowest BCUT2D eigenvalue weighted by atomic mass is 9.99. The predicted octanol–water partition coefficient (Wildman–Crippen LogP) is 4.25. The van der Waals surface area contributed by atoms with E-state index in [9.17, 15) is 5.26 Å². The summed E-state index contributed by atoms with van der Waals surface area (Å²) < 4.78 is 0. The molecule has 2 saturated heterocycles. The van der Waals surface area contributed by atoms with Crippen LogP contribution in [0.15, 0.2) is 48.5 Å². The van der Waals surface area contributed by atoms with Crippen molar-refractivity contribution in [1.29, 1.82) is 5.26 Å². The fraction of sp³-hybridized carbons (Fsp3) is 0.385. The highest BCUT2D eigenvalue weighted by Crippen LogP contribution is 2.36. The number of nitriles is 1. The number of para-hydroxylation sites is 1. The fourth-order valence-electron chi connectivity index (χ4n) is 5.05. The first-order valence-electron chi connectivity index (χ1n) is 11.7. The highest BCUT2D eigenvalue weighted by molar-refractivity contribution is 6.30. The second-order valence-corrected chi connectivity index (χ2v) is 9.26. The number of benzene rings is 2. The van der Waals surface area contributed by atoms with E-state index in [4.69, 9.17) is 16.6 Å². The number of piperidine rings is 1. The number of fused-ring (bicyclic) bond motifs is 1. The van der Waals surface area contributed by atoms with Crippen LogP contribution < -0.4 is 15.5 Å². The molecule has 3 aromatic rings. The van der Waals surface area contributed by atoms with Crippen LogP contribution in [0.3, 0.4) is 0 Å². The number of nitrogens with zero attached hydrogens (tertiary/aromatic N) is 4. The molecule has 0 amide bonds. The van der Waals surface area contributed by atoms with Gasteiger partial charge in [0.2, 0.25) is 0 Å². The zero-order chi connectivity index (χ0) is 22.6. The summed E-state index contributed by atoms with van der Waals surface area (Å²) in [6.45, 7) is 6.78. The number of anilines is 2. The maximum Gasteiger partial charge on any atom is 0.147 e. The van der Waals surface area contributed by atoms with Crippen LogP contribution in [0.25, 0.3) is 10.9 Å². The van der Waals surface area contributed by atoms with E-state index in [0.717, 1.165) is 67.8 Å². The second-order valence-electron chi connectivity index (χ2n) is 8.82. The van der Waals surface area contributed by atoms with Gasteiger partial charge < -0.3 is 15.5 Å². The smallest absolute Gasteiger partial charge is 0.147 e. The lowest BCUT2D eigenvalue weighted by Gasteiger charge is -2.42. The van der Waals surface area contributed by atoms with E-state index in [2.05, 4.69) is 32.6 Å². The number of rotatable bonds is 5. The zero-order valence-corrected chi connectivity index (χ0v) is 19.5. The van der Waals surface area contributed by atoms with Crippen molar-refractivity contribution in [2.24, 2.45) is 0 Å². The Hall–Kier alpha value is -2.85. The fourth-order valence-corrected chi connectivity index (χ4v) is 5.17. The van der Waals surface area contributed by atoms with E-state index in [1.807, 2.05) is 42.5 Å². The zero-order valence-electron chi connectivity index (χ0n) is 18.7. The van der Waals surface area contributed by atoms with E-state index in [-0.39, 0.29) is 0 Å². The normalized spacial score (nSPS) is 19.4. The summed E-state index contributed by atoms with van der Waals surface area (Å²) in [7, 11) is 0. The van der Waals surface area contributed by atoms with Crippen molar-refractivity contribution in [2.45, 2.75) is 25.4 Å². The SMILES string of the molecule is N#Cc1c(NCc2ccc(Cl)cc2)nc2ccccc2c1N1CCCC(N2CCNCC2)C1. The van der Waals surface area contributed by atoms with Crippen LogP contribution in [0, 0.1) is 11.3 Å². The lowest BCUT2D eigenvalue weighted by molar-refractivity contribution is 0.156. The van der Waals surface area contributed by atoms with Crippen LogP contribution in [0.4, 0.5) is 11.5 Å². The Labute approximate surface area is 200 Å². The van der Waals surface area contributed by atoms with Crippen molar-refractivity contribution < 1.29 is 0 Å². The molecule has 170 valence electrons. The van der Waals surface area contributed by atoms with Gasteiger partial charge in [0.05, 0.1) is 11.2 Å². The quantitative estimate of drug-likeness (QED) is 0.593. The van der Waals surface area contributed by atoms with Gasteiger partial charge in [-0.25, -0.2) is 4.98 Å². The third-order valence-electron chi connectivity index (χ3n) is 6.73. The first-order valence-corrected chi connectivity index (χ1v) is 12.1. The molecule has 2 aliphatic rings. The number of nitrogens with one attached hydrogen (secondary N) is 2. The Kier molecular flexibility index (Phi) is 6.63. The molecule has 0 spiro atoms. The molecule has 6 nitrogen and oxygen atoms in total. The summed E-state index contributed by atoms with van der Waals surface area (Å²) in [5.74, 6) is 0.644. The highest BCUT2D eigenvalue weighted by Gasteiger charge is 2.29. The minimum absolute atomic E-state index is 0.518. The Balaban J connectivity index is 1.48. The van der Waals surface area contributed by atoms with Crippen LogP contribution in [0.2, 0.25) is 5.02 Å². The number of hydrogen-bond donors (Lipinski definition) is 2. The van der Waals surface area contributed by atoms with Crippen LogP contribution >= 0.6 is 11.6 Å². The van der Waals surface area contributed by atoms with Gasteiger partial charge in [0.15, 0.2) is 0 Å². The minimum Gasteiger partial charge on any atom is -0.368 e. The number of piperazine rings is 1. The summed E-state index contributed by atoms with van der Waals surface area (Å²) in [5, 5.41) is 18.9. The Morgan fingerprint density at radius 2 is 1.88 bits per heavy atom. The summed E-state index contributed by atoms with van der Waals surface area (Å²) in [6.07, 6.45) is 2.34. The first kappa shape index (κ1) is 22.0. The predicted molar refractivity (Wildman–Crippen MR) is 135 cm³/mol. The maximum absolute atomic E-state index is 10.2. The van der Waals surface area contributed by atoms with E-state index in [1.165, 1.54) is 6.42 Å². The molecule has 2 aliphatic heterocycles. The van der Waals surface area contributed by atoms with Crippen molar-refractivity contribution in [3.63, 3.8) is 0 Å². The molecule has 3 heterocycles. The number of hydrogen-bond acceptors (Lipinski definition) is 6. The van der Waals surface area contributed by atoms with Gasteiger partial charge >= 0.3 is 0 Å². The van der Waals surface area contributed by atoms with Gasteiger partial charge in [0.1, 0.15) is 17.5 Å². The molecular weight excluding hydrogens is 432 g/mol. The summed E-state index contributed by atoms with van der Waals surface area (Å²) in [4.78, 5) is 9.87. The topological polar surface area (TPSA) is 67.2 Å². The van der Waals surface area contributed by atoms with Gasteiger partial charge in [-0.15, -0.1) is 0 Å². The van der Waals surface area contributed by atoms with Gasteiger partial charge in [-0.1, -0.05) is 41.9 Å². The summed E-state index contributed by atoms with van der Waals surface area (Å²) in [5.41, 5.74) is 3.65. The second kappa shape index (κ2) is 9.96. The summed E-state index contributed by atoms with van der Waals surface area (Å²) >= 11 is 6.03. The number of pyridine rings is 1. The average Bonchev–Trinajstić information content (AvgIpc) is 2.88. The van der Waals surface area contributed by atoms with Crippen LogP contribution in [0.5, 0.6) is 0 Å². The van der Waals surface area contributed by atoms with Crippen molar-refractivity contribution in [3.05, 3.63) is 64.7 Å². The molecule has 2 fully saturated rings. The Bertz CT molecular complexity index is 1150. The van der Waals surface area contributed by atoms with Gasteiger partial charge in [-0.3, -0.25) is 4.90 Å². The Morgan fingerprint density at radius 3 is 2.67 bits per heavy atom. The average molecular weight is 461 g/mol. The van der Waals surface area contributed by atoms with Gasteiger partial charge in [-0.05, 0) is 36.6 Å². The molecule has 1 atom stereocenters. The maximum atomic E-state index is 10.2. The van der Waals surface area contributed by atoms with Crippen LogP contribution in [-0.2, 0) is 6.54 Å². The van der Waals surface area contributed by atoms with E-state index < -0.39 is 0 Å². The van der Waals surface area contributed by atoms with Crippen LogP contribution in [0.1, 0.15) is 24.0 Å². The molecule has 1 aromatic heterocycles. The van der Waals surface area contributed by atoms with Crippen molar-refractivity contribution in [1.82, 2.24) is 15.2 Å². The third kappa shape index (κ3) is 4.77. The molecule has 0 aliphatic carbocycles. The number of halogens is 1. The van der Waals surface area contributed by atoms with Gasteiger partial charge in [0, 0.05) is 62.3 Å². The van der Waals surface area contributed by atoms with Crippen molar-refractivity contribution in [2.75, 3.05) is 49.5 Å². The van der Waals surface area contributed by atoms with Gasteiger partial charge in [-0.2, -0.15) is 5.26 Å². The lowest BCUT2D eigenvalue weighted by Crippen LogP contribution is -2.54. The summed E-state index contributed by atoms with van der Waals surface area (Å²) in [6, 6.07) is 18.9. The molecule has 0 bridgehead atoms. The molecule has 1 unspecified atom stereocenters. The molecule has 0 saturated carbocycles. The molecule has 2 aromatic carbocycles. The molecule has 2 N–H and O–H groups in total. The molecular formula is C26H29ClN6. The standard InChI is InChI=1S/C26H29ClN6/c27-20-9-7-19(8-10-20)17-30-26-23(16-28)25(22-5-1-2-6-24(22)31-26)33-13-3-4-21(18-33)32-14-11-29-12-15-32/h1-2,5-10,21,29H,3-4,11-15,17-18H2,(H,30,31). The molecule has 33 heavy (non-hydrogen) atoms. The number of aromatic nitrogens is 1. The first-order chi connectivity index (χ1) is 16.2. The van der Waals surface area contributed by atoms with E-state index in [1.54, 1.807) is 0 Å². The van der Waals surface area contributed by atoms with Crippen molar-refractivity contribution >= 4 is 34.0 Å². The molecule has 5 rings (SSSR count). The van der Waals surface area contributed by atoms with E-state index in [0.29, 0.717) is 29.0 Å². The highest BCUT2D eigenvalue weighted by atomic mass is 35.5. The third-order valence-corrected chi connectivity index (χ3v) is 6.98. The Morgan fingerprint density at radius 1 is 1.09 bits per heavy atom. The largest absolute Gasteiger partial charge is 0.368 e.